The first-order valence-corrected chi connectivity index (χ1v) is 9.87. The maximum atomic E-state index is 12.7. The lowest BCUT2D eigenvalue weighted by molar-refractivity contribution is -0.385. The molecule has 1 aromatic carbocycles. The lowest BCUT2D eigenvalue weighted by Crippen LogP contribution is -2.50. The van der Waals surface area contributed by atoms with Crippen molar-refractivity contribution < 1.29 is 18.1 Å². The van der Waals surface area contributed by atoms with E-state index in [2.05, 4.69) is 4.98 Å². The predicted octanol–water partition coefficient (Wildman–Crippen LogP) is 1.80. The highest BCUT2D eigenvalue weighted by Crippen LogP contribution is 2.22. The number of nitro groups is 1. The lowest BCUT2D eigenvalue weighted by Gasteiger charge is -2.34. The molecule has 0 saturated carbocycles. The molecule has 11 heteroatoms. The largest absolute Gasteiger partial charge is 0.352 e. The van der Waals surface area contributed by atoms with Gasteiger partial charge >= 0.3 is 0 Å². The number of carbonyl (C=O) groups excluding carboxylic acids is 1. The first kappa shape index (κ1) is 19.1. The summed E-state index contributed by atoms with van der Waals surface area (Å²) in [6.45, 7) is 0.605. The van der Waals surface area contributed by atoms with E-state index < -0.39 is 14.9 Å². The molecule has 1 aliphatic rings. The van der Waals surface area contributed by atoms with E-state index in [4.69, 9.17) is 12.2 Å². The van der Waals surface area contributed by atoms with Crippen LogP contribution in [0.4, 0.5) is 5.69 Å². The molecule has 1 fully saturated rings. The van der Waals surface area contributed by atoms with Crippen LogP contribution in [-0.4, -0.2) is 59.6 Å². The molecule has 1 aromatic heterocycles. The summed E-state index contributed by atoms with van der Waals surface area (Å²) in [5.74, 6) is -0.260. The second-order valence-electron chi connectivity index (χ2n) is 5.86. The summed E-state index contributed by atoms with van der Waals surface area (Å²) in [5.41, 5.74) is 0.0747. The van der Waals surface area contributed by atoms with E-state index in [0.717, 1.165) is 6.07 Å². The van der Waals surface area contributed by atoms with Crippen LogP contribution in [0.1, 0.15) is 10.4 Å². The minimum atomic E-state index is -3.88. The van der Waals surface area contributed by atoms with Gasteiger partial charge < -0.3 is 9.88 Å². The van der Waals surface area contributed by atoms with Gasteiger partial charge in [0.1, 0.15) is 4.64 Å². The van der Waals surface area contributed by atoms with Gasteiger partial charge in [-0.3, -0.25) is 14.9 Å². The van der Waals surface area contributed by atoms with Gasteiger partial charge in [-0.2, -0.15) is 4.31 Å². The second-order valence-corrected chi connectivity index (χ2v) is 8.21. The number of pyridine rings is 1. The molecule has 3 rings (SSSR count). The fourth-order valence-electron chi connectivity index (χ4n) is 2.80. The fraction of sp³-hybridized carbons (Fsp3) is 0.250. The summed E-state index contributed by atoms with van der Waals surface area (Å²) in [6, 6.07) is 8.22. The van der Waals surface area contributed by atoms with Crippen LogP contribution in [-0.2, 0) is 10.0 Å². The number of nitro benzene ring substituents is 1. The number of sulfonamides is 1. The van der Waals surface area contributed by atoms with Gasteiger partial charge in [0.25, 0.3) is 11.6 Å². The van der Waals surface area contributed by atoms with Crippen LogP contribution in [0.5, 0.6) is 0 Å². The molecule has 0 atom stereocenters. The number of nitrogens with one attached hydrogen (secondary N) is 1. The topological polar surface area (TPSA) is 117 Å². The standard InChI is InChI=1S/C16H16N4O5S2/c21-16(14-5-2-6-17-15(14)26)18-7-9-19(10-8-18)27(24,25)13-4-1-3-12(11-13)20(22)23/h1-6,11H,7-10H2,(H,17,26). The summed E-state index contributed by atoms with van der Waals surface area (Å²) < 4.78 is 27.0. The Morgan fingerprint density at radius 3 is 2.48 bits per heavy atom. The molecule has 0 bridgehead atoms. The third kappa shape index (κ3) is 3.89. The van der Waals surface area contributed by atoms with E-state index >= 15 is 0 Å². The molecule has 1 aliphatic heterocycles. The Balaban J connectivity index is 1.74. The van der Waals surface area contributed by atoms with Crippen molar-refractivity contribution in [3.63, 3.8) is 0 Å². The average molecular weight is 408 g/mol. The average Bonchev–Trinajstić information content (AvgIpc) is 2.68. The fourth-order valence-corrected chi connectivity index (χ4v) is 4.48. The number of hydrogen-bond acceptors (Lipinski definition) is 6. The quantitative estimate of drug-likeness (QED) is 0.468. The lowest BCUT2D eigenvalue weighted by atomic mass is 10.2. The van der Waals surface area contributed by atoms with Crippen molar-refractivity contribution >= 4 is 33.8 Å². The molecule has 0 radical (unpaired) electrons. The smallest absolute Gasteiger partial charge is 0.270 e. The number of carbonyl (C=O) groups is 1. The van der Waals surface area contributed by atoms with E-state index in [0.29, 0.717) is 10.2 Å². The number of H-pyrrole nitrogens is 1. The Hall–Kier alpha value is -2.63. The summed E-state index contributed by atoms with van der Waals surface area (Å²) in [6.07, 6.45) is 1.63. The van der Waals surface area contributed by atoms with Gasteiger partial charge in [0.15, 0.2) is 0 Å². The normalized spacial score (nSPS) is 15.5. The molecular formula is C16H16N4O5S2. The highest BCUT2D eigenvalue weighted by molar-refractivity contribution is 7.89. The van der Waals surface area contributed by atoms with E-state index in [1.54, 1.807) is 23.2 Å². The molecule has 2 heterocycles. The number of hydrogen-bond donors (Lipinski definition) is 1. The van der Waals surface area contributed by atoms with Gasteiger partial charge in [0.2, 0.25) is 10.0 Å². The Labute approximate surface area is 160 Å². The highest BCUT2D eigenvalue weighted by atomic mass is 32.2. The number of rotatable bonds is 4. The van der Waals surface area contributed by atoms with Gasteiger partial charge in [-0.25, -0.2) is 8.42 Å². The zero-order chi connectivity index (χ0) is 19.6. The maximum Gasteiger partial charge on any atom is 0.270 e. The molecule has 2 aromatic rings. The SMILES string of the molecule is O=C(c1ccc[nH]c1=S)N1CCN(S(=O)(=O)c2cccc([N+](=O)[O-])c2)CC1. The molecule has 1 saturated heterocycles. The molecule has 0 spiro atoms. The van der Waals surface area contributed by atoms with E-state index in [1.807, 2.05) is 0 Å². The zero-order valence-electron chi connectivity index (χ0n) is 14.1. The maximum absolute atomic E-state index is 12.7. The zero-order valence-corrected chi connectivity index (χ0v) is 15.7. The van der Waals surface area contributed by atoms with Crippen LogP contribution >= 0.6 is 12.2 Å². The van der Waals surface area contributed by atoms with Crippen LogP contribution in [0.2, 0.25) is 0 Å². The van der Waals surface area contributed by atoms with Gasteiger partial charge in [-0.1, -0.05) is 18.3 Å². The number of aromatic amines is 1. The highest BCUT2D eigenvalue weighted by Gasteiger charge is 2.31. The minimum absolute atomic E-state index is 0.0973. The van der Waals surface area contributed by atoms with Crippen LogP contribution < -0.4 is 0 Å². The third-order valence-electron chi connectivity index (χ3n) is 4.24. The number of aromatic nitrogens is 1. The second kappa shape index (κ2) is 7.55. The number of non-ortho nitro benzene ring substituents is 1. The molecular weight excluding hydrogens is 392 g/mol. The molecule has 27 heavy (non-hydrogen) atoms. The molecule has 0 unspecified atom stereocenters. The number of nitrogens with zero attached hydrogens (tertiary/aromatic N) is 3. The van der Waals surface area contributed by atoms with Crippen LogP contribution in [0.3, 0.4) is 0 Å². The summed E-state index contributed by atoms with van der Waals surface area (Å²) >= 11 is 5.11. The van der Waals surface area contributed by atoms with Crippen molar-refractivity contribution in [1.82, 2.24) is 14.2 Å². The molecule has 1 amide bonds. The van der Waals surface area contributed by atoms with Crippen molar-refractivity contribution in [3.8, 4) is 0 Å². The number of amides is 1. The number of piperazine rings is 1. The molecule has 142 valence electrons. The first-order valence-electron chi connectivity index (χ1n) is 8.02. The van der Waals surface area contributed by atoms with Crippen LogP contribution in [0, 0.1) is 14.8 Å². The Kier molecular flexibility index (Phi) is 5.35. The van der Waals surface area contributed by atoms with Gasteiger partial charge in [0.05, 0.1) is 15.4 Å². The minimum Gasteiger partial charge on any atom is -0.352 e. The van der Waals surface area contributed by atoms with Crippen LogP contribution in [0.15, 0.2) is 47.5 Å². The van der Waals surface area contributed by atoms with Crippen molar-refractivity contribution in [2.75, 3.05) is 26.2 Å². The Morgan fingerprint density at radius 2 is 1.85 bits per heavy atom. The summed E-state index contributed by atoms with van der Waals surface area (Å²) in [7, 11) is -3.88. The Morgan fingerprint density at radius 1 is 1.15 bits per heavy atom. The Bertz CT molecular complexity index is 1040. The van der Waals surface area contributed by atoms with Crippen molar-refractivity contribution in [2.45, 2.75) is 4.90 Å². The first-order chi connectivity index (χ1) is 12.8. The van der Waals surface area contributed by atoms with Crippen molar-refractivity contribution in [3.05, 3.63) is 62.9 Å². The molecule has 9 nitrogen and oxygen atoms in total. The van der Waals surface area contributed by atoms with Crippen LogP contribution in [0.25, 0.3) is 0 Å². The summed E-state index contributed by atoms with van der Waals surface area (Å²) in [5, 5.41) is 10.9. The summed E-state index contributed by atoms with van der Waals surface area (Å²) in [4.78, 5) is 27.0. The third-order valence-corrected chi connectivity index (χ3v) is 6.47. The molecule has 1 N–H and O–H groups in total. The van der Waals surface area contributed by atoms with Gasteiger partial charge in [0, 0.05) is 44.5 Å². The van der Waals surface area contributed by atoms with E-state index in [-0.39, 0.29) is 42.7 Å². The van der Waals surface area contributed by atoms with Gasteiger partial charge in [-0.15, -0.1) is 0 Å². The monoisotopic (exact) mass is 408 g/mol. The molecule has 0 aliphatic carbocycles. The van der Waals surface area contributed by atoms with Crippen molar-refractivity contribution in [1.29, 1.82) is 0 Å². The van der Waals surface area contributed by atoms with Gasteiger partial charge in [-0.05, 0) is 18.2 Å². The van der Waals surface area contributed by atoms with E-state index in [1.165, 1.54) is 22.5 Å². The predicted molar refractivity (Wildman–Crippen MR) is 99.4 cm³/mol. The number of benzene rings is 1. The van der Waals surface area contributed by atoms with E-state index in [9.17, 15) is 23.3 Å². The van der Waals surface area contributed by atoms with Crippen molar-refractivity contribution in [2.24, 2.45) is 0 Å².